The Balaban J connectivity index is 2.77. The molecule has 0 atom stereocenters. The fourth-order valence-electron chi connectivity index (χ4n) is 1.41. The second-order valence-corrected chi connectivity index (χ2v) is 2.95. The van der Waals surface area contributed by atoms with Crippen LogP contribution in [0.2, 0.25) is 0 Å². The number of benzene rings is 1. The molecule has 2 rings (SSSR count). The topological polar surface area (TPSA) is 37.9 Å². The average Bonchev–Trinajstić information content (AvgIpc) is 2.59. The van der Waals surface area contributed by atoms with Crippen molar-refractivity contribution in [3.8, 4) is 5.75 Å². The van der Waals surface area contributed by atoms with Crippen molar-refractivity contribution in [3.63, 3.8) is 0 Å². The molecule has 0 fully saturated rings. The number of fused-ring (bicyclic) bond motifs is 1. The van der Waals surface area contributed by atoms with Gasteiger partial charge in [-0.15, -0.1) is 0 Å². The number of nitrogens with zero attached hydrogens (tertiary/aromatic N) is 1. The largest absolute Gasteiger partial charge is 0.496 e. The lowest BCUT2D eigenvalue weighted by Crippen LogP contribution is -2.06. The number of nitrogens with one attached hydrogen (secondary N) is 1. The molecule has 0 radical (unpaired) electrons. The number of alkyl halides is 3. The number of aromatic nitrogens is 2. The fourth-order valence-corrected chi connectivity index (χ4v) is 1.41. The fraction of sp³-hybridized carbons (Fsp3) is 0.222. The first-order valence-corrected chi connectivity index (χ1v) is 4.12. The number of methoxy groups -OCH3 is 1. The van der Waals surface area contributed by atoms with E-state index in [-0.39, 0.29) is 16.7 Å². The molecule has 1 aromatic heterocycles. The molecule has 0 saturated heterocycles. The Morgan fingerprint density at radius 3 is 2.67 bits per heavy atom. The Morgan fingerprint density at radius 2 is 2.07 bits per heavy atom. The van der Waals surface area contributed by atoms with E-state index in [1.165, 1.54) is 19.2 Å². The van der Waals surface area contributed by atoms with Crippen LogP contribution in [-0.4, -0.2) is 17.3 Å². The summed E-state index contributed by atoms with van der Waals surface area (Å²) in [7, 11) is 1.32. The van der Waals surface area contributed by atoms with E-state index >= 15 is 0 Å². The Morgan fingerprint density at radius 1 is 1.33 bits per heavy atom. The number of ether oxygens (including phenoxy) is 1. The minimum Gasteiger partial charge on any atom is -0.496 e. The van der Waals surface area contributed by atoms with Gasteiger partial charge in [0.1, 0.15) is 5.75 Å². The summed E-state index contributed by atoms with van der Waals surface area (Å²) in [6.45, 7) is 0. The first-order chi connectivity index (χ1) is 7.04. The minimum absolute atomic E-state index is 0.0347. The second kappa shape index (κ2) is 3.15. The van der Waals surface area contributed by atoms with Crippen LogP contribution in [0.1, 0.15) is 5.69 Å². The van der Waals surface area contributed by atoms with Gasteiger partial charge in [-0.1, -0.05) is 6.07 Å². The maximum atomic E-state index is 12.5. The van der Waals surface area contributed by atoms with Gasteiger partial charge in [-0.25, -0.2) is 0 Å². The Labute approximate surface area is 82.9 Å². The van der Waals surface area contributed by atoms with E-state index < -0.39 is 11.9 Å². The van der Waals surface area contributed by atoms with Gasteiger partial charge in [0.15, 0.2) is 5.69 Å². The van der Waals surface area contributed by atoms with Crippen LogP contribution in [0.3, 0.4) is 0 Å². The van der Waals surface area contributed by atoms with E-state index in [1.807, 2.05) is 5.10 Å². The summed E-state index contributed by atoms with van der Waals surface area (Å²) in [5.74, 6) is 0.161. The normalized spacial score (nSPS) is 12.0. The zero-order chi connectivity index (χ0) is 11.1. The van der Waals surface area contributed by atoms with Crippen LogP contribution >= 0.6 is 0 Å². The molecule has 3 nitrogen and oxygen atoms in total. The molecule has 0 saturated carbocycles. The van der Waals surface area contributed by atoms with Crippen molar-refractivity contribution in [2.24, 2.45) is 0 Å². The van der Waals surface area contributed by atoms with Gasteiger partial charge in [0.2, 0.25) is 0 Å². The van der Waals surface area contributed by atoms with Gasteiger partial charge >= 0.3 is 6.18 Å². The van der Waals surface area contributed by atoms with E-state index in [1.54, 1.807) is 6.07 Å². The molecule has 0 amide bonds. The lowest BCUT2D eigenvalue weighted by molar-refractivity contribution is -0.140. The van der Waals surface area contributed by atoms with Crippen LogP contribution in [0, 0.1) is 0 Å². The Bertz CT molecular complexity index is 490. The lowest BCUT2D eigenvalue weighted by Gasteiger charge is -2.06. The van der Waals surface area contributed by atoms with Crippen molar-refractivity contribution in [3.05, 3.63) is 23.9 Å². The molecule has 0 unspecified atom stereocenters. The zero-order valence-corrected chi connectivity index (χ0v) is 7.72. The van der Waals surface area contributed by atoms with Crippen LogP contribution in [0.5, 0.6) is 5.75 Å². The predicted molar refractivity (Wildman–Crippen MR) is 47.6 cm³/mol. The average molecular weight is 216 g/mol. The first-order valence-electron chi connectivity index (χ1n) is 4.12. The maximum Gasteiger partial charge on any atom is 0.433 e. The Kier molecular flexibility index (Phi) is 2.06. The summed E-state index contributed by atoms with van der Waals surface area (Å²) in [4.78, 5) is 0. The Hall–Kier alpha value is -1.72. The van der Waals surface area contributed by atoms with E-state index in [2.05, 4.69) is 5.10 Å². The van der Waals surface area contributed by atoms with Crippen LogP contribution in [-0.2, 0) is 6.18 Å². The number of aromatic amines is 1. The molecular weight excluding hydrogens is 209 g/mol. The van der Waals surface area contributed by atoms with Crippen LogP contribution in [0.15, 0.2) is 18.2 Å². The molecule has 6 heteroatoms. The van der Waals surface area contributed by atoms with E-state index in [9.17, 15) is 13.2 Å². The number of hydrogen-bond donors (Lipinski definition) is 1. The molecule has 1 heterocycles. The highest BCUT2D eigenvalue weighted by Gasteiger charge is 2.36. The maximum absolute atomic E-state index is 12.5. The molecule has 0 aliphatic carbocycles. The standard InChI is InChI=1S/C9H7F3N2O/c1-15-6-4-2-3-5-7(6)8(14-13-5)9(10,11)12/h2-4H,1H3,(H,13,14). The van der Waals surface area contributed by atoms with Crippen molar-refractivity contribution in [2.45, 2.75) is 6.18 Å². The molecule has 1 N–H and O–H groups in total. The third kappa shape index (κ3) is 1.51. The van der Waals surface area contributed by atoms with Gasteiger partial charge in [-0.05, 0) is 12.1 Å². The van der Waals surface area contributed by atoms with E-state index in [0.717, 1.165) is 0 Å². The van der Waals surface area contributed by atoms with Gasteiger partial charge in [0, 0.05) is 0 Å². The first kappa shape index (κ1) is 9.82. The summed E-state index contributed by atoms with van der Waals surface area (Å²) in [5, 5.41) is 5.51. The number of halogens is 3. The molecule has 15 heavy (non-hydrogen) atoms. The van der Waals surface area contributed by atoms with Crippen molar-refractivity contribution in [2.75, 3.05) is 7.11 Å². The summed E-state index contributed by atoms with van der Waals surface area (Å²) in [6.07, 6.45) is -4.45. The van der Waals surface area contributed by atoms with Gasteiger partial charge in [-0.2, -0.15) is 18.3 Å². The second-order valence-electron chi connectivity index (χ2n) is 2.95. The summed E-state index contributed by atoms with van der Waals surface area (Å²) >= 11 is 0. The third-order valence-electron chi connectivity index (χ3n) is 2.05. The highest BCUT2D eigenvalue weighted by Crippen LogP contribution is 2.37. The lowest BCUT2D eigenvalue weighted by atomic mass is 10.2. The minimum atomic E-state index is -4.45. The molecule has 0 bridgehead atoms. The summed E-state index contributed by atoms with van der Waals surface area (Å²) < 4.78 is 42.5. The monoisotopic (exact) mass is 216 g/mol. The number of H-pyrrole nitrogens is 1. The van der Waals surface area contributed by atoms with E-state index in [4.69, 9.17) is 4.74 Å². The highest BCUT2D eigenvalue weighted by molar-refractivity contribution is 5.88. The van der Waals surface area contributed by atoms with Crippen LogP contribution in [0.25, 0.3) is 10.9 Å². The number of hydrogen-bond acceptors (Lipinski definition) is 2. The van der Waals surface area contributed by atoms with Gasteiger partial charge in [-0.3, -0.25) is 5.10 Å². The molecule has 2 aromatic rings. The van der Waals surface area contributed by atoms with Gasteiger partial charge < -0.3 is 4.74 Å². The molecule has 80 valence electrons. The predicted octanol–water partition coefficient (Wildman–Crippen LogP) is 2.59. The van der Waals surface area contributed by atoms with Crippen molar-refractivity contribution in [1.82, 2.24) is 10.2 Å². The number of rotatable bonds is 1. The third-order valence-corrected chi connectivity index (χ3v) is 2.05. The molecule has 0 aliphatic rings. The van der Waals surface area contributed by atoms with Gasteiger partial charge in [0.05, 0.1) is 18.0 Å². The SMILES string of the molecule is COc1cccc2n[nH]c(C(F)(F)F)c12. The van der Waals surface area contributed by atoms with Crippen molar-refractivity contribution < 1.29 is 17.9 Å². The van der Waals surface area contributed by atoms with Crippen molar-refractivity contribution >= 4 is 10.9 Å². The smallest absolute Gasteiger partial charge is 0.433 e. The molecule has 1 aromatic carbocycles. The molecule has 0 aliphatic heterocycles. The summed E-state index contributed by atoms with van der Waals surface area (Å²) in [6, 6.07) is 4.54. The highest BCUT2D eigenvalue weighted by atomic mass is 19.4. The van der Waals surface area contributed by atoms with Gasteiger partial charge in [0.25, 0.3) is 0 Å². The zero-order valence-electron chi connectivity index (χ0n) is 7.72. The van der Waals surface area contributed by atoms with Crippen LogP contribution < -0.4 is 4.74 Å². The van der Waals surface area contributed by atoms with Crippen LogP contribution in [0.4, 0.5) is 13.2 Å². The van der Waals surface area contributed by atoms with E-state index in [0.29, 0.717) is 0 Å². The quantitative estimate of drug-likeness (QED) is 0.795. The molecular formula is C9H7F3N2O. The summed E-state index contributed by atoms with van der Waals surface area (Å²) in [5.41, 5.74) is -0.642. The molecule has 0 spiro atoms. The van der Waals surface area contributed by atoms with Crippen molar-refractivity contribution in [1.29, 1.82) is 0 Å².